The number of aromatic nitrogens is 2. The van der Waals surface area contributed by atoms with E-state index in [9.17, 15) is 0 Å². The van der Waals surface area contributed by atoms with Crippen LogP contribution in [0, 0.1) is 17.8 Å². The van der Waals surface area contributed by atoms with Crippen molar-refractivity contribution in [1.82, 2.24) is 9.55 Å². The van der Waals surface area contributed by atoms with E-state index in [-0.39, 0.29) is 0 Å². The average molecular weight is 305 g/mol. The number of methoxy groups -OCH3 is 1. The smallest absolute Gasteiger partial charge is 0.124 e. The highest BCUT2D eigenvalue weighted by Gasteiger charge is 2.41. The number of benzene rings is 1. The fourth-order valence-corrected chi connectivity index (χ4v) is 3.73. The zero-order valence-corrected chi connectivity index (χ0v) is 13.1. The van der Waals surface area contributed by atoms with E-state index in [1.165, 1.54) is 25.7 Å². The van der Waals surface area contributed by atoms with Crippen LogP contribution < -0.4 is 4.74 Å². The van der Waals surface area contributed by atoms with Crippen LogP contribution in [0.2, 0.25) is 0 Å². The van der Waals surface area contributed by atoms with Gasteiger partial charge in [0.15, 0.2) is 0 Å². The zero-order valence-electron chi connectivity index (χ0n) is 12.4. The molecule has 3 nitrogen and oxygen atoms in total. The molecule has 0 unspecified atom stereocenters. The van der Waals surface area contributed by atoms with Gasteiger partial charge in [-0.2, -0.15) is 0 Å². The molecule has 2 aliphatic carbocycles. The highest BCUT2D eigenvalue weighted by atomic mass is 35.5. The molecular formula is C17H21ClN2O. The van der Waals surface area contributed by atoms with Crippen LogP contribution in [0.25, 0.3) is 11.0 Å². The molecule has 1 heterocycles. The average Bonchev–Trinajstić information content (AvgIpc) is 3.41. The number of ether oxygens (including phenoxy) is 1. The molecule has 2 aromatic rings. The van der Waals surface area contributed by atoms with Gasteiger partial charge in [-0.05, 0) is 55.6 Å². The first kappa shape index (κ1) is 13.4. The lowest BCUT2D eigenvalue weighted by Gasteiger charge is -2.18. The summed E-state index contributed by atoms with van der Waals surface area (Å²) in [5.41, 5.74) is 2.19. The van der Waals surface area contributed by atoms with E-state index in [4.69, 9.17) is 21.3 Å². The lowest BCUT2D eigenvalue weighted by molar-refractivity contribution is 0.349. The summed E-state index contributed by atoms with van der Waals surface area (Å²) in [5, 5.41) is 0. The second kappa shape index (κ2) is 5.20. The minimum atomic E-state index is 0.471. The maximum Gasteiger partial charge on any atom is 0.124 e. The number of nitrogens with zero attached hydrogens (tertiary/aromatic N) is 2. The quantitative estimate of drug-likeness (QED) is 0.747. The van der Waals surface area contributed by atoms with Crippen molar-refractivity contribution in [1.29, 1.82) is 0 Å². The number of fused-ring (bicyclic) bond motifs is 1. The number of alkyl halides is 1. The predicted molar refractivity (Wildman–Crippen MR) is 84.8 cm³/mol. The molecule has 0 amide bonds. The molecule has 0 radical (unpaired) electrons. The van der Waals surface area contributed by atoms with E-state index in [1.807, 2.05) is 12.1 Å². The minimum absolute atomic E-state index is 0.471. The molecule has 0 N–H and O–H groups in total. The van der Waals surface area contributed by atoms with Crippen molar-refractivity contribution < 1.29 is 4.74 Å². The van der Waals surface area contributed by atoms with Gasteiger partial charge in [-0.25, -0.2) is 4.98 Å². The van der Waals surface area contributed by atoms with Gasteiger partial charge in [0.25, 0.3) is 0 Å². The van der Waals surface area contributed by atoms with Crippen LogP contribution in [0.15, 0.2) is 18.2 Å². The highest BCUT2D eigenvalue weighted by molar-refractivity contribution is 6.16. The van der Waals surface area contributed by atoms with Crippen molar-refractivity contribution in [2.45, 2.75) is 38.1 Å². The Bertz CT molecular complexity index is 646. The minimum Gasteiger partial charge on any atom is -0.497 e. The summed E-state index contributed by atoms with van der Waals surface area (Å²) in [7, 11) is 1.71. The number of halogens is 1. The second-order valence-electron chi connectivity index (χ2n) is 6.47. The summed E-state index contributed by atoms with van der Waals surface area (Å²) < 4.78 is 7.71. The van der Waals surface area contributed by atoms with Crippen LogP contribution in [0.1, 0.15) is 31.5 Å². The van der Waals surface area contributed by atoms with Gasteiger partial charge in [-0.15, -0.1) is 11.6 Å². The molecule has 21 heavy (non-hydrogen) atoms. The Morgan fingerprint density at radius 1 is 1.29 bits per heavy atom. The van der Waals surface area contributed by atoms with Gasteiger partial charge in [0.2, 0.25) is 0 Å². The van der Waals surface area contributed by atoms with Crippen molar-refractivity contribution in [3.8, 4) is 5.75 Å². The van der Waals surface area contributed by atoms with Gasteiger partial charge in [0, 0.05) is 12.6 Å². The maximum atomic E-state index is 6.14. The summed E-state index contributed by atoms with van der Waals surface area (Å²) in [6, 6.07) is 6.09. The van der Waals surface area contributed by atoms with Gasteiger partial charge in [-0.1, -0.05) is 0 Å². The SMILES string of the molecule is COc1ccc2nc(CCl)n(CC(C3CC3)C3CC3)c2c1. The molecule has 4 heteroatoms. The van der Waals surface area contributed by atoms with Crippen LogP contribution in [0.3, 0.4) is 0 Å². The third kappa shape index (κ3) is 2.52. The van der Waals surface area contributed by atoms with Crippen molar-refractivity contribution in [3.63, 3.8) is 0 Å². The summed E-state index contributed by atoms with van der Waals surface area (Å²) in [6.45, 7) is 1.07. The molecule has 0 aliphatic heterocycles. The predicted octanol–water partition coefficient (Wildman–Crippen LogP) is 4.22. The highest BCUT2D eigenvalue weighted by Crippen LogP contribution is 2.50. The number of rotatable bonds is 6. The van der Waals surface area contributed by atoms with E-state index < -0.39 is 0 Å². The van der Waals surface area contributed by atoms with Crippen LogP contribution in [-0.2, 0) is 12.4 Å². The van der Waals surface area contributed by atoms with Gasteiger partial charge in [-0.3, -0.25) is 0 Å². The topological polar surface area (TPSA) is 27.1 Å². The van der Waals surface area contributed by atoms with Gasteiger partial charge in [0.1, 0.15) is 11.6 Å². The summed E-state index contributed by atoms with van der Waals surface area (Å²) >= 11 is 6.14. The molecule has 2 fully saturated rings. The molecule has 0 bridgehead atoms. The van der Waals surface area contributed by atoms with Crippen LogP contribution in [0.4, 0.5) is 0 Å². The maximum absolute atomic E-state index is 6.14. The Kier molecular flexibility index (Phi) is 3.33. The molecule has 0 saturated heterocycles. The fourth-order valence-electron chi connectivity index (χ4n) is 3.53. The molecule has 2 saturated carbocycles. The first-order valence-corrected chi connectivity index (χ1v) is 8.42. The van der Waals surface area contributed by atoms with Crippen molar-refractivity contribution in [2.75, 3.05) is 7.11 Å². The van der Waals surface area contributed by atoms with E-state index in [2.05, 4.69) is 10.6 Å². The van der Waals surface area contributed by atoms with Crippen molar-refractivity contribution in [3.05, 3.63) is 24.0 Å². The largest absolute Gasteiger partial charge is 0.497 e. The van der Waals surface area contributed by atoms with Crippen molar-refractivity contribution in [2.24, 2.45) is 17.8 Å². The van der Waals surface area contributed by atoms with Crippen LogP contribution in [-0.4, -0.2) is 16.7 Å². The third-order valence-electron chi connectivity index (χ3n) is 5.00. The standard InChI is InChI=1S/C17H21ClN2O/c1-21-13-6-7-15-16(8-13)20(17(9-18)19-15)10-14(11-2-3-11)12-4-5-12/h6-8,11-12,14H,2-5,9-10H2,1H3. The van der Waals surface area contributed by atoms with Gasteiger partial charge < -0.3 is 9.30 Å². The Hall–Kier alpha value is -1.22. The molecule has 2 aliphatic rings. The third-order valence-corrected chi connectivity index (χ3v) is 5.24. The van der Waals surface area contributed by atoms with Gasteiger partial charge in [0.05, 0.1) is 24.0 Å². The number of hydrogen-bond donors (Lipinski definition) is 0. The second-order valence-corrected chi connectivity index (χ2v) is 6.73. The normalized spacial score (nSPS) is 18.6. The van der Waals surface area contributed by atoms with E-state index in [1.54, 1.807) is 7.11 Å². The monoisotopic (exact) mass is 304 g/mol. The van der Waals surface area contributed by atoms with Crippen LogP contribution in [0.5, 0.6) is 5.75 Å². The molecule has 0 spiro atoms. The lowest BCUT2D eigenvalue weighted by atomic mass is 9.98. The molecular weight excluding hydrogens is 284 g/mol. The molecule has 1 aromatic heterocycles. The molecule has 4 rings (SSSR count). The van der Waals surface area contributed by atoms with E-state index in [0.29, 0.717) is 5.88 Å². The van der Waals surface area contributed by atoms with Gasteiger partial charge >= 0.3 is 0 Å². The molecule has 112 valence electrons. The van der Waals surface area contributed by atoms with E-state index in [0.717, 1.165) is 46.9 Å². The first-order valence-electron chi connectivity index (χ1n) is 7.89. The molecule has 1 aromatic carbocycles. The van der Waals surface area contributed by atoms with Crippen molar-refractivity contribution >= 4 is 22.6 Å². The van der Waals surface area contributed by atoms with E-state index >= 15 is 0 Å². The summed E-state index contributed by atoms with van der Waals surface area (Å²) in [6.07, 6.45) is 5.64. The summed E-state index contributed by atoms with van der Waals surface area (Å²) in [4.78, 5) is 4.69. The Morgan fingerprint density at radius 2 is 2.00 bits per heavy atom. The Labute approximate surface area is 130 Å². The first-order chi connectivity index (χ1) is 10.3. The number of hydrogen-bond acceptors (Lipinski definition) is 2. The zero-order chi connectivity index (χ0) is 14.4. The Balaban J connectivity index is 1.73. The summed E-state index contributed by atoms with van der Waals surface area (Å²) in [5.74, 6) is 5.03. The van der Waals surface area contributed by atoms with Crippen LogP contribution >= 0.6 is 11.6 Å². The fraction of sp³-hybridized carbons (Fsp3) is 0.588. The Morgan fingerprint density at radius 3 is 2.57 bits per heavy atom. The number of imidazole rings is 1. The lowest BCUT2D eigenvalue weighted by Crippen LogP contribution is -2.16. The molecule has 0 atom stereocenters.